The van der Waals surface area contributed by atoms with Crippen LogP contribution in [0.3, 0.4) is 0 Å². The van der Waals surface area contributed by atoms with Gasteiger partial charge in [-0.1, -0.05) is 12.1 Å². The molecule has 2 heterocycles. The van der Waals surface area contributed by atoms with Gasteiger partial charge in [-0.15, -0.1) is 0 Å². The van der Waals surface area contributed by atoms with Gasteiger partial charge in [-0.25, -0.2) is 9.59 Å². The zero-order chi connectivity index (χ0) is 21.0. The Morgan fingerprint density at radius 1 is 1.10 bits per heavy atom. The number of fused-ring (bicyclic) bond motifs is 1. The van der Waals surface area contributed by atoms with Crippen LogP contribution in [0.2, 0.25) is 0 Å². The normalized spacial score (nSPS) is 23.1. The van der Waals surface area contributed by atoms with E-state index < -0.39 is 17.0 Å². The van der Waals surface area contributed by atoms with Crippen molar-refractivity contribution >= 4 is 23.8 Å². The van der Waals surface area contributed by atoms with Gasteiger partial charge >= 0.3 is 18.1 Å². The molecule has 0 unspecified atom stereocenters. The first-order chi connectivity index (χ1) is 13.6. The molecule has 0 radical (unpaired) electrons. The maximum absolute atomic E-state index is 12.9. The molecular weight excluding hydrogens is 374 g/mol. The standard InChI is InChI=1S/C21H27N3O5/c1-20(2,3)29-19(28)22-10-11-23-16(12-22)13-24(18(23)27)15-6-4-14(5-7-15)21(8-9-21)17(25)26/h4-7,16H,8-13H2,1-3H3,(H,25,26)/t16-/m0/s1. The molecule has 1 saturated carbocycles. The fourth-order valence-corrected chi connectivity index (χ4v) is 4.13. The molecular formula is C21H27N3O5. The van der Waals surface area contributed by atoms with Gasteiger partial charge in [0.25, 0.3) is 0 Å². The second-order valence-corrected chi connectivity index (χ2v) is 9.10. The first-order valence-corrected chi connectivity index (χ1v) is 10.0. The van der Waals surface area contributed by atoms with Crippen molar-refractivity contribution in [3.8, 4) is 0 Å². The molecule has 2 saturated heterocycles. The maximum atomic E-state index is 12.9. The third-order valence-corrected chi connectivity index (χ3v) is 5.90. The predicted octanol–water partition coefficient (Wildman–Crippen LogP) is 2.66. The van der Waals surface area contributed by atoms with Crippen LogP contribution in [0.4, 0.5) is 15.3 Å². The highest BCUT2D eigenvalue weighted by Crippen LogP contribution is 2.48. The molecule has 156 valence electrons. The molecule has 1 aromatic carbocycles. The summed E-state index contributed by atoms with van der Waals surface area (Å²) in [6, 6.07) is 7.10. The number of rotatable bonds is 3. The zero-order valence-corrected chi connectivity index (χ0v) is 17.1. The second-order valence-electron chi connectivity index (χ2n) is 9.10. The van der Waals surface area contributed by atoms with E-state index in [1.54, 1.807) is 14.7 Å². The van der Waals surface area contributed by atoms with E-state index in [2.05, 4.69) is 0 Å². The van der Waals surface area contributed by atoms with Crippen molar-refractivity contribution in [2.75, 3.05) is 31.1 Å². The number of aliphatic carboxylic acids is 1. The van der Waals surface area contributed by atoms with Crippen LogP contribution >= 0.6 is 0 Å². The number of hydrogen-bond acceptors (Lipinski definition) is 4. The lowest BCUT2D eigenvalue weighted by molar-refractivity contribution is -0.140. The summed E-state index contributed by atoms with van der Waals surface area (Å²) in [5.74, 6) is -0.790. The van der Waals surface area contributed by atoms with Crippen LogP contribution in [0, 0.1) is 0 Å². The highest BCUT2D eigenvalue weighted by atomic mass is 16.6. The molecule has 0 bridgehead atoms. The van der Waals surface area contributed by atoms with Gasteiger partial charge in [-0.3, -0.25) is 9.69 Å². The lowest BCUT2D eigenvalue weighted by Gasteiger charge is -2.36. The molecule has 1 aromatic rings. The third-order valence-electron chi connectivity index (χ3n) is 5.90. The van der Waals surface area contributed by atoms with Crippen LogP contribution < -0.4 is 4.90 Å². The first kappa shape index (κ1) is 19.5. The minimum atomic E-state index is -0.790. The summed E-state index contributed by atoms with van der Waals surface area (Å²) in [4.78, 5) is 41.9. The Balaban J connectivity index is 1.45. The van der Waals surface area contributed by atoms with E-state index in [4.69, 9.17) is 4.74 Å². The molecule has 1 aliphatic carbocycles. The van der Waals surface area contributed by atoms with Crippen LogP contribution in [0.1, 0.15) is 39.2 Å². The molecule has 2 aliphatic heterocycles. The quantitative estimate of drug-likeness (QED) is 0.841. The Bertz CT molecular complexity index is 841. The number of urea groups is 1. The van der Waals surface area contributed by atoms with E-state index in [1.165, 1.54) is 0 Å². The minimum Gasteiger partial charge on any atom is -0.481 e. The smallest absolute Gasteiger partial charge is 0.410 e. The van der Waals surface area contributed by atoms with Crippen molar-refractivity contribution < 1.29 is 24.2 Å². The number of carboxylic acids is 1. The van der Waals surface area contributed by atoms with Gasteiger partial charge < -0.3 is 19.6 Å². The van der Waals surface area contributed by atoms with Gasteiger partial charge in [0.15, 0.2) is 0 Å². The SMILES string of the molecule is CC(C)(C)OC(=O)N1CCN2C(=O)N(c3ccc(C4(C(=O)O)CC4)cc3)C[C@@H]2C1. The van der Waals surface area contributed by atoms with Crippen molar-refractivity contribution in [2.45, 2.75) is 50.7 Å². The summed E-state index contributed by atoms with van der Waals surface area (Å²) < 4.78 is 5.46. The van der Waals surface area contributed by atoms with Crippen LogP contribution in [-0.2, 0) is 14.9 Å². The number of hydrogen-bond donors (Lipinski definition) is 1. The average molecular weight is 401 g/mol. The molecule has 3 aliphatic rings. The number of carbonyl (C=O) groups is 3. The molecule has 8 heteroatoms. The lowest BCUT2D eigenvalue weighted by atomic mass is 9.96. The van der Waals surface area contributed by atoms with Crippen LogP contribution in [-0.4, -0.2) is 70.8 Å². The van der Waals surface area contributed by atoms with Gasteiger partial charge in [0.1, 0.15) is 5.60 Å². The predicted molar refractivity (Wildman–Crippen MR) is 106 cm³/mol. The van der Waals surface area contributed by atoms with Gasteiger partial charge in [0, 0.05) is 31.9 Å². The number of carboxylic acid groups (broad SMARTS) is 1. The summed E-state index contributed by atoms with van der Waals surface area (Å²) >= 11 is 0. The number of amides is 3. The molecule has 8 nitrogen and oxygen atoms in total. The van der Waals surface area contributed by atoms with E-state index in [-0.39, 0.29) is 18.2 Å². The van der Waals surface area contributed by atoms with Gasteiger partial charge in [-0.2, -0.15) is 0 Å². The van der Waals surface area contributed by atoms with E-state index in [0.717, 1.165) is 11.3 Å². The molecule has 1 atom stereocenters. The fraction of sp³-hybridized carbons (Fsp3) is 0.571. The van der Waals surface area contributed by atoms with Crippen molar-refractivity contribution in [3.05, 3.63) is 29.8 Å². The van der Waals surface area contributed by atoms with Crippen molar-refractivity contribution in [1.82, 2.24) is 9.80 Å². The molecule has 4 rings (SSSR count). The highest BCUT2D eigenvalue weighted by molar-refractivity contribution is 5.95. The van der Waals surface area contributed by atoms with Crippen LogP contribution in [0.15, 0.2) is 24.3 Å². The summed E-state index contributed by atoms with van der Waals surface area (Å²) in [7, 11) is 0. The maximum Gasteiger partial charge on any atom is 0.410 e. The van der Waals surface area contributed by atoms with Crippen molar-refractivity contribution in [2.24, 2.45) is 0 Å². The molecule has 1 N–H and O–H groups in total. The van der Waals surface area contributed by atoms with Gasteiger partial charge in [0.05, 0.1) is 11.5 Å². The second kappa shape index (κ2) is 6.64. The summed E-state index contributed by atoms with van der Waals surface area (Å²) in [5, 5.41) is 9.45. The average Bonchev–Trinajstić information content (AvgIpc) is 3.40. The van der Waals surface area contributed by atoms with E-state index in [9.17, 15) is 19.5 Å². The summed E-state index contributed by atoms with van der Waals surface area (Å²) in [5.41, 5.74) is 0.230. The molecule has 0 aromatic heterocycles. The van der Waals surface area contributed by atoms with E-state index in [0.29, 0.717) is 39.0 Å². The number of anilines is 1. The van der Waals surface area contributed by atoms with E-state index >= 15 is 0 Å². The number of piperazine rings is 1. The zero-order valence-electron chi connectivity index (χ0n) is 17.1. The van der Waals surface area contributed by atoms with Crippen molar-refractivity contribution in [1.29, 1.82) is 0 Å². The fourth-order valence-electron chi connectivity index (χ4n) is 4.13. The minimum absolute atomic E-state index is 0.0778. The van der Waals surface area contributed by atoms with Crippen LogP contribution in [0.5, 0.6) is 0 Å². The van der Waals surface area contributed by atoms with E-state index in [1.807, 2.05) is 45.0 Å². The van der Waals surface area contributed by atoms with Crippen molar-refractivity contribution in [3.63, 3.8) is 0 Å². The number of ether oxygens (including phenoxy) is 1. The van der Waals surface area contributed by atoms with Gasteiger partial charge in [0.2, 0.25) is 0 Å². The molecule has 3 fully saturated rings. The summed E-state index contributed by atoms with van der Waals surface area (Å²) in [6.07, 6.45) is 0.956. The summed E-state index contributed by atoms with van der Waals surface area (Å²) in [6.45, 7) is 7.36. The third kappa shape index (κ3) is 3.52. The monoisotopic (exact) mass is 401 g/mol. The first-order valence-electron chi connectivity index (χ1n) is 10.0. The Hall–Kier alpha value is -2.77. The molecule has 29 heavy (non-hydrogen) atoms. The Morgan fingerprint density at radius 2 is 1.76 bits per heavy atom. The Labute approximate surface area is 170 Å². The number of benzene rings is 1. The lowest BCUT2D eigenvalue weighted by Crippen LogP contribution is -2.54. The Kier molecular flexibility index (Phi) is 4.47. The van der Waals surface area contributed by atoms with Crippen LogP contribution in [0.25, 0.3) is 0 Å². The molecule has 3 amide bonds. The molecule has 0 spiro atoms. The van der Waals surface area contributed by atoms with Gasteiger partial charge in [-0.05, 0) is 51.3 Å². The number of carbonyl (C=O) groups excluding carboxylic acids is 2. The largest absolute Gasteiger partial charge is 0.481 e. The topological polar surface area (TPSA) is 90.4 Å². The Morgan fingerprint density at radius 3 is 2.31 bits per heavy atom. The number of nitrogens with zero attached hydrogens (tertiary/aromatic N) is 3. The highest BCUT2D eigenvalue weighted by Gasteiger charge is 2.51.